The molecule has 0 fully saturated rings. The van der Waals surface area contributed by atoms with Crippen molar-refractivity contribution >= 4 is 29.3 Å². The van der Waals surface area contributed by atoms with E-state index in [-0.39, 0.29) is 12.5 Å². The monoisotopic (exact) mass is 422 g/mol. The van der Waals surface area contributed by atoms with E-state index in [0.717, 1.165) is 16.7 Å². The predicted octanol–water partition coefficient (Wildman–Crippen LogP) is 5.12. The van der Waals surface area contributed by atoms with Crippen molar-refractivity contribution in [2.75, 3.05) is 5.32 Å². The Hall–Kier alpha value is -3.31. The molecule has 0 saturated heterocycles. The highest BCUT2D eigenvalue weighted by Gasteiger charge is 2.23. The van der Waals surface area contributed by atoms with E-state index in [2.05, 4.69) is 10.6 Å². The number of rotatable bonds is 7. The van der Waals surface area contributed by atoms with Crippen LogP contribution in [-0.4, -0.2) is 18.0 Å². The molecule has 0 aliphatic carbocycles. The van der Waals surface area contributed by atoms with E-state index in [9.17, 15) is 9.59 Å². The summed E-state index contributed by atoms with van der Waals surface area (Å²) in [5.74, 6) is -0.372. The average molecular weight is 423 g/mol. The van der Waals surface area contributed by atoms with Crippen molar-refractivity contribution in [3.63, 3.8) is 0 Å². The topological polar surface area (TPSA) is 67.4 Å². The number of alkyl carbamates (subject to hydrolysis) is 1. The van der Waals surface area contributed by atoms with Crippen LogP contribution in [-0.2, 0) is 22.6 Å². The normalized spacial score (nSPS) is 11.4. The molecule has 3 rings (SSSR count). The van der Waals surface area contributed by atoms with Crippen LogP contribution in [0.1, 0.15) is 16.7 Å². The molecule has 0 aromatic heterocycles. The fourth-order valence-electron chi connectivity index (χ4n) is 2.93. The lowest BCUT2D eigenvalue weighted by Gasteiger charge is -2.19. The standard InChI is InChI=1S/C24H23ClN2O3/c1-17-9-8-14-20(22(17)25)26-23(28)21(15-18-10-4-2-5-11-18)27-24(29)30-16-19-12-6-3-7-13-19/h2-14,21H,15-16H2,1H3,(H,26,28)(H,27,29)/t21-/m0/s1. The van der Waals surface area contributed by atoms with Gasteiger partial charge in [0.05, 0.1) is 10.7 Å². The summed E-state index contributed by atoms with van der Waals surface area (Å²) in [6.07, 6.45) is -0.346. The largest absolute Gasteiger partial charge is 0.445 e. The summed E-state index contributed by atoms with van der Waals surface area (Å²) in [4.78, 5) is 25.3. The van der Waals surface area contributed by atoms with Crippen LogP contribution in [0.3, 0.4) is 0 Å². The van der Waals surface area contributed by atoms with Crippen LogP contribution in [0.15, 0.2) is 78.9 Å². The molecule has 0 aliphatic heterocycles. The van der Waals surface area contributed by atoms with Gasteiger partial charge in [-0.3, -0.25) is 4.79 Å². The summed E-state index contributed by atoms with van der Waals surface area (Å²) in [5.41, 5.74) is 3.13. The molecule has 2 N–H and O–H groups in total. The number of ether oxygens (including phenoxy) is 1. The van der Waals surface area contributed by atoms with Crippen LogP contribution >= 0.6 is 11.6 Å². The first kappa shape index (κ1) is 21.4. The summed E-state index contributed by atoms with van der Waals surface area (Å²) in [6, 6.07) is 23.4. The van der Waals surface area contributed by atoms with Gasteiger partial charge in [-0.25, -0.2) is 4.79 Å². The van der Waals surface area contributed by atoms with E-state index >= 15 is 0 Å². The lowest BCUT2D eigenvalue weighted by atomic mass is 10.1. The number of aryl methyl sites for hydroxylation is 1. The molecule has 154 valence electrons. The Morgan fingerprint density at radius 3 is 2.20 bits per heavy atom. The first-order chi connectivity index (χ1) is 14.5. The fourth-order valence-corrected chi connectivity index (χ4v) is 3.10. The quantitative estimate of drug-likeness (QED) is 0.555. The third-order valence-corrected chi connectivity index (χ3v) is 5.06. The number of carbonyl (C=O) groups is 2. The Balaban J connectivity index is 1.70. The molecule has 0 spiro atoms. The molecule has 1 atom stereocenters. The van der Waals surface area contributed by atoms with E-state index in [1.165, 1.54) is 0 Å². The van der Waals surface area contributed by atoms with Crippen LogP contribution in [0, 0.1) is 6.92 Å². The Morgan fingerprint density at radius 1 is 0.900 bits per heavy atom. The molecular weight excluding hydrogens is 400 g/mol. The highest BCUT2D eigenvalue weighted by molar-refractivity contribution is 6.34. The molecule has 0 saturated carbocycles. The molecule has 6 heteroatoms. The maximum atomic E-state index is 13.0. The molecule has 2 amide bonds. The van der Waals surface area contributed by atoms with E-state index in [4.69, 9.17) is 16.3 Å². The van der Waals surface area contributed by atoms with E-state index < -0.39 is 12.1 Å². The zero-order valence-electron chi connectivity index (χ0n) is 16.6. The second kappa shape index (κ2) is 10.5. The number of halogens is 1. The zero-order chi connectivity index (χ0) is 21.3. The van der Waals surface area contributed by atoms with E-state index in [1.54, 1.807) is 6.07 Å². The van der Waals surface area contributed by atoms with Crippen LogP contribution in [0.2, 0.25) is 5.02 Å². The first-order valence-electron chi connectivity index (χ1n) is 9.60. The molecule has 0 aliphatic rings. The predicted molar refractivity (Wildman–Crippen MR) is 119 cm³/mol. The van der Waals surface area contributed by atoms with Gasteiger partial charge in [-0.1, -0.05) is 84.4 Å². The van der Waals surface area contributed by atoms with Crippen LogP contribution in [0.25, 0.3) is 0 Å². The molecule has 3 aromatic rings. The highest BCUT2D eigenvalue weighted by Crippen LogP contribution is 2.25. The Morgan fingerprint density at radius 2 is 1.53 bits per heavy atom. The molecular formula is C24H23ClN2O3. The van der Waals surface area contributed by atoms with Crippen molar-refractivity contribution in [2.45, 2.75) is 26.0 Å². The van der Waals surface area contributed by atoms with Gasteiger partial charge >= 0.3 is 6.09 Å². The molecule has 0 heterocycles. The summed E-state index contributed by atoms with van der Waals surface area (Å²) >= 11 is 6.30. The summed E-state index contributed by atoms with van der Waals surface area (Å²) < 4.78 is 5.28. The lowest BCUT2D eigenvalue weighted by Crippen LogP contribution is -2.45. The van der Waals surface area contributed by atoms with Gasteiger partial charge in [-0.15, -0.1) is 0 Å². The summed E-state index contributed by atoms with van der Waals surface area (Å²) in [5, 5.41) is 5.95. The molecule has 0 radical (unpaired) electrons. The van der Waals surface area contributed by atoms with Gasteiger partial charge in [0, 0.05) is 6.42 Å². The van der Waals surface area contributed by atoms with Gasteiger partial charge in [-0.05, 0) is 29.7 Å². The Bertz CT molecular complexity index is 994. The van der Waals surface area contributed by atoms with Gasteiger partial charge in [0.1, 0.15) is 12.6 Å². The van der Waals surface area contributed by atoms with Crippen molar-refractivity contribution in [3.8, 4) is 0 Å². The maximum absolute atomic E-state index is 13.0. The summed E-state index contributed by atoms with van der Waals surface area (Å²) in [6.45, 7) is 1.98. The number of hydrogen-bond donors (Lipinski definition) is 2. The van der Waals surface area contributed by atoms with E-state index in [1.807, 2.05) is 79.7 Å². The van der Waals surface area contributed by atoms with Gasteiger partial charge in [-0.2, -0.15) is 0 Å². The Kier molecular flexibility index (Phi) is 7.46. The SMILES string of the molecule is Cc1cccc(NC(=O)[C@H](Cc2ccccc2)NC(=O)OCc2ccccc2)c1Cl. The van der Waals surface area contributed by atoms with E-state index in [0.29, 0.717) is 17.1 Å². The molecule has 3 aromatic carbocycles. The molecule has 30 heavy (non-hydrogen) atoms. The minimum atomic E-state index is -0.827. The van der Waals surface area contributed by atoms with Crippen molar-refractivity contribution < 1.29 is 14.3 Å². The van der Waals surface area contributed by atoms with Crippen LogP contribution < -0.4 is 10.6 Å². The number of anilines is 1. The fraction of sp³-hybridized carbons (Fsp3) is 0.167. The van der Waals surface area contributed by atoms with Gasteiger partial charge in [0.2, 0.25) is 5.91 Å². The molecule has 0 bridgehead atoms. The second-order valence-corrected chi connectivity index (χ2v) is 7.25. The number of benzene rings is 3. The number of hydrogen-bond acceptors (Lipinski definition) is 3. The second-order valence-electron chi connectivity index (χ2n) is 6.87. The van der Waals surface area contributed by atoms with Crippen molar-refractivity contribution in [3.05, 3.63) is 101 Å². The van der Waals surface area contributed by atoms with Crippen molar-refractivity contribution in [2.24, 2.45) is 0 Å². The van der Waals surface area contributed by atoms with Crippen LogP contribution in [0.5, 0.6) is 0 Å². The number of carbonyl (C=O) groups excluding carboxylic acids is 2. The molecule has 5 nitrogen and oxygen atoms in total. The van der Waals surface area contributed by atoms with Crippen LogP contribution in [0.4, 0.5) is 10.5 Å². The molecule has 0 unspecified atom stereocenters. The van der Waals surface area contributed by atoms with Crippen molar-refractivity contribution in [1.82, 2.24) is 5.32 Å². The summed E-state index contributed by atoms with van der Waals surface area (Å²) in [7, 11) is 0. The smallest absolute Gasteiger partial charge is 0.408 e. The average Bonchev–Trinajstić information content (AvgIpc) is 2.76. The van der Waals surface area contributed by atoms with Gasteiger partial charge in [0.25, 0.3) is 0 Å². The zero-order valence-corrected chi connectivity index (χ0v) is 17.4. The lowest BCUT2D eigenvalue weighted by molar-refractivity contribution is -0.118. The van der Waals surface area contributed by atoms with Gasteiger partial charge in [0.15, 0.2) is 0 Å². The van der Waals surface area contributed by atoms with Crippen molar-refractivity contribution in [1.29, 1.82) is 0 Å². The number of amides is 2. The third-order valence-electron chi connectivity index (χ3n) is 4.55. The minimum absolute atomic E-state index is 0.121. The Labute approximate surface area is 181 Å². The minimum Gasteiger partial charge on any atom is -0.445 e. The first-order valence-corrected chi connectivity index (χ1v) is 9.98. The maximum Gasteiger partial charge on any atom is 0.408 e. The number of nitrogens with one attached hydrogen (secondary N) is 2. The van der Waals surface area contributed by atoms with Gasteiger partial charge < -0.3 is 15.4 Å². The third kappa shape index (κ3) is 6.09. The highest BCUT2D eigenvalue weighted by atomic mass is 35.5.